The number of amides is 2. The third-order valence-corrected chi connectivity index (χ3v) is 4.90. The van der Waals surface area contributed by atoms with E-state index in [0.29, 0.717) is 6.54 Å². The van der Waals surface area contributed by atoms with Gasteiger partial charge in [-0.25, -0.2) is 9.78 Å². The lowest BCUT2D eigenvalue weighted by Gasteiger charge is -2.27. The first-order chi connectivity index (χ1) is 13.4. The molecule has 0 unspecified atom stereocenters. The van der Waals surface area contributed by atoms with E-state index in [1.807, 2.05) is 45.9 Å². The summed E-state index contributed by atoms with van der Waals surface area (Å²) < 4.78 is 5.91. The SMILES string of the molecule is C=C(C)c1cccc(C(C)(C)NC(=O)NCCCc2oc(C(C)(C)C)nc2C)c1. The fourth-order valence-corrected chi connectivity index (χ4v) is 3.01. The van der Waals surface area contributed by atoms with Crippen molar-refractivity contribution < 1.29 is 9.21 Å². The predicted molar refractivity (Wildman–Crippen MR) is 119 cm³/mol. The second-order valence-electron chi connectivity index (χ2n) is 9.25. The number of carbonyl (C=O) groups is 1. The Kier molecular flexibility index (Phi) is 6.93. The first-order valence-corrected chi connectivity index (χ1v) is 10.2. The molecule has 0 bridgehead atoms. The highest BCUT2D eigenvalue weighted by molar-refractivity contribution is 5.75. The van der Waals surface area contributed by atoms with E-state index < -0.39 is 5.54 Å². The summed E-state index contributed by atoms with van der Waals surface area (Å²) in [5, 5.41) is 6.00. The minimum Gasteiger partial charge on any atom is -0.445 e. The van der Waals surface area contributed by atoms with Crippen LogP contribution in [0.1, 0.15) is 76.4 Å². The van der Waals surface area contributed by atoms with Crippen LogP contribution in [-0.2, 0) is 17.4 Å². The molecule has 2 aromatic rings. The van der Waals surface area contributed by atoms with Crippen molar-refractivity contribution in [3.63, 3.8) is 0 Å². The van der Waals surface area contributed by atoms with Crippen molar-refractivity contribution in [3.8, 4) is 0 Å². The van der Waals surface area contributed by atoms with Crippen LogP contribution in [0.25, 0.3) is 5.57 Å². The van der Waals surface area contributed by atoms with E-state index in [-0.39, 0.29) is 11.4 Å². The average Bonchev–Trinajstić information content (AvgIpc) is 2.99. The molecule has 29 heavy (non-hydrogen) atoms. The van der Waals surface area contributed by atoms with Crippen molar-refractivity contribution in [2.75, 3.05) is 6.54 Å². The zero-order valence-corrected chi connectivity index (χ0v) is 18.9. The second-order valence-corrected chi connectivity index (χ2v) is 9.25. The highest BCUT2D eigenvalue weighted by atomic mass is 16.4. The summed E-state index contributed by atoms with van der Waals surface area (Å²) >= 11 is 0. The van der Waals surface area contributed by atoms with Gasteiger partial charge < -0.3 is 15.1 Å². The summed E-state index contributed by atoms with van der Waals surface area (Å²) in [4.78, 5) is 16.9. The molecule has 1 heterocycles. The molecule has 0 radical (unpaired) electrons. The van der Waals surface area contributed by atoms with Crippen LogP contribution in [0.5, 0.6) is 0 Å². The number of oxazole rings is 1. The molecule has 158 valence electrons. The van der Waals surface area contributed by atoms with Crippen LogP contribution in [0.15, 0.2) is 35.3 Å². The fourth-order valence-electron chi connectivity index (χ4n) is 3.01. The number of allylic oxidation sites excluding steroid dienone is 1. The molecule has 0 spiro atoms. The molecule has 0 aliphatic carbocycles. The highest BCUT2D eigenvalue weighted by Crippen LogP contribution is 2.25. The maximum Gasteiger partial charge on any atom is 0.315 e. The molecule has 0 aliphatic rings. The Labute approximate surface area is 175 Å². The third-order valence-electron chi connectivity index (χ3n) is 4.90. The normalized spacial score (nSPS) is 12.0. The molecule has 2 rings (SSSR count). The molecule has 5 nitrogen and oxygen atoms in total. The summed E-state index contributed by atoms with van der Waals surface area (Å²) in [6.07, 6.45) is 1.54. The van der Waals surface area contributed by atoms with Gasteiger partial charge in [-0.15, -0.1) is 0 Å². The molecular formula is C24H35N3O2. The highest BCUT2D eigenvalue weighted by Gasteiger charge is 2.24. The third kappa shape index (κ3) is 6.21. The molecule has 2 N–H and O–H groups in total. The van der Waals surface area contributed by atoms with Gasteiger partial charge in [0.15, 0.2) is 5.89 Å². The van der Waals surface area contributed by atoms with Gasteiger partial charge in [-0.3, -0.25) is 0 Å². The molecule has 0 aliphatic heterocycles. The molecule has 2 amide bonds. The number of aryl methyl sites for hydroxylation is 2. The smallest absolute Gasteiger partial charge is 0.315 e. The van der Waals surface area contributed by atoms with Crippen molar-refractivity contribution in [2.24, 2.45) is 0 Å². The van der Waals surface area contributed by atoms with Gasteiger partial charge in [0, 0.05) is 18.4 Å². The Morgan fingerprint density at radius 1 is 1.21 bits per heavy atom. The molecule has 0 saturated heterocycles. The lowest BCUT2D eigenvalue weighted by Crippen LogP contribution is -2.46. The standard InChI is InChI=1S/C24H35N3O2/c1-16(2)18-11-9-12-19(15-18)24(7,8)27-22(28)25-14-10-13-20-17(3)26-21(29-20)23(4,5)6/h9,11-12,15H,1,10,13-14H2,2-8H3,(H2,25,27,28). The number of benzene rings is 1. The average molecular weight is 398 g/mol. The van der Waals surface area contributed by atoms with Gasteiger partial charge in [0.05, 0.1) is 11.2 Å². The summed E-state index contributed by atoms with van der Waals surface area (Å²) in [6.45, 7) is 18.8. The minimum absolute atomic E-state index is 0.103. The Balaban J connectivity index is 1.86. The number of carbonyl (C=O) groups excluding carboxylic acids is 1. The Morgan fingerprint density at radius 2 is 1.90 bits per heavy atom. The summed E-state index contributed by atoms with van der Waals surface area (Å²) in [6, 6.07) is 7.93. The number of rotatable bonds is 7. The fraction of sp³-hybridized carbons (Fsp3) is 0.500. The van der Waals surface area contributed by atoms with Crippen LogP contribution in [0.4, 0.5) is 4.79 Å². The van der Waals surface area contributed by atoms with Crippen LogP contribution in [0.3, 0.4) is 0 Å². The van der Waals surface area contributed by atoms with Crippen molar-refractivity contribution in [2.45, 2.75) is 72.3 Å². The number of urea groups is 1. The summed E-state index contributed by atoms with van der Waals surface area (Å²) in [5.74, 6) is 1.66. The first kappa shape index (κ1) is 22.7. The van der Waals surface area contributed by atoms with Crippen molar-refractivity contribution >= 4 is 11.6 Å². The van der Waals surface area contributed by atoms with Gasteiger partial charge in [0.2, 0.25) is 0 Å². The van der Waals surface area contributed by atoms with Crippen molar-refractivity contribution in [1.82, 2.24) is 15.6 Å². The van der Waals surface area contributed by atoms with E-state index >= 15 is 0 Å². The van der Waals surface area contributed by atoms with Gasteiger partial charge in [0.25, 0.3) is 0 Å². The zero-order chi connectivity index (χ0) is 21.8. The predicted octanol–water partition coefficient (Wildman–Crippen LogP) is 5.48. The lowest BCUT2D eigenvalue weighted by atomic mass is 9.92. The Hall–Kier alpha value is -2.56. The molecule has 1 aromatic heterocycles. The molecule has 0 atom stereocenters. The monoisotopic (exact) mass is 397 g/mol. The number of aromatic nitrogens is 1. The van der Waals surface area contributed by atoms with Crippen molar-refractivity contribution in [3.05, 3.63) is 59.3 Å². The van der Waals surface area contributed by atoms with Gasteiger partial charge in [-0.2, -0.15) is 0 Å². The quantitative estimate of drug-likeness (QED) is 0.608. The molecule has 1 aromatic carbocycles. The largest absolute Gasteiger partial charge is 0.445 e. The Bertz CT molecular complexity index is 872. The molecular weight excluding hydrogens is 362 g/mol. The van der Waals surface area contributed by atoms with E-state index in [2.05, 4.69) is 49.0 Å². The molecule has 5 heteroatoms. The number of hydrogen-bond donors (Lipinski definition) is 2. The summed E-state index contributed by atoms with van der Waals surface area (Å²) in [7, 11) is 0. The van der Waals surface area contributed by atoms with E-state index in [1.54, 1.807) is 0 Å². The van der Waals surface area contributed by atoms with Crippen LogP contribution in [0, 0.1) is 6.92 Å². The number of hydrogen-bond acceptors (Lipinski definition) is 3. The zero-order valence-electron chi connectivity index (χ0n) is 18.9. The topological polar surface area (TPSA) is 67.2 Å². The Morgan fingerprint density at radius 3 is 2.48 bits per heavy atom. The molecule has 0 saturated carbocycles. The maximum atomic E-state index is 12.4. The van der Waals surface area contributed by atoms with Gasteiger partial charge >= 0.3 is 6.03 Å². The van der Waals surface area contributed by atoms with Crippen LogP contribution in [0.2, 0.25) is 0 Å². The number of nitrogens with one attached hydrogen (secondary N) is 2. The second kappa shape index (κ2) is 8.85. The first-order valence-electron chi connectivity index (χ1n) is 10.2. The number of nitrogens with zero attached hydrogens (tertiary/aromatic N) is 1. The van der Waals surface area contributed by atoms with E-state index in [4.69, 9.17) is 4.42 Å². The van der Waals surface area contributed by atoms with E-state index in [1.165, 1.54) is 0 Å². The maximum absolute atomic E-state index is 12.4. The summed E-state index contributed by atoms with van der Waals surface area (Å²) in [5.41, 5.74) is 3.46. The van der Waals surface area contributed by atoms with Crippen LogP contribution >= 0.6 is 0 Å². The van der Waals surface area contributed by atoms with Gasteiger partial charge in [-0.05, 0) is 51.3 Å². The van der Waals surface area contributed by atoms with Crippen LogP contribution < -0.4 is 10.6 Å². The van der Waals surface area contributed by atoms with Crippen molar-refractivity contribution in [1.29, 1.82) is 0 Å². The lowest BCUT2D eigenvalue weighted by molar-refractivity contribution is 0.230. The van der Waals surface area contributed by atoms with Gasteiger partial charge in [0.1, 0.15) is 5.76 Å². The van der Waals surface area contributed by atoms with Crippen LogP contribution in [-0.4, -0.2) is 17.6 Å². The van der Waals surface area contributed by atoms with Gasteiger partial charge in [-0.1, -0.05) is 51.1 Å². The van der Waals surface area contributed by atoms with E-state index in [9.17, 15) is 4.79 Å². The minimum atomic E-state index is -0.487. The molecule has 0 fully saturated rings. The van der Waals surface area contributed by atoms with E-state index in [0.717, 1.165) is 46.9 Å².